The van der Waals surface area contributed by atoms with Crippen LogP contribution in [0.4, 0.5) is 0 Å². The zero-order chi connectivity index (χ0) is 21.3. The Labute approximate surface area is 180 Å². The Bertz CT molecular complexity index is 1040. The number of hydrogen-bond acceptors (Lipinski definition) is 6. The summed E-state index contributed by atoms with van der Waals surface area (Å²) >= 11 is 1.34. The van der Waals surface area contributed by atoms with Crippen LogP contribution in [0.1, 0.15) is 32.2 Å². The topological polar surface area (TPSA) is 86.3 Å². The van der Waals surface area contributed by atoms with E-state index in [2.05, 4.69) is 34.5 Å². The van der Waals surface area contributed by atoms with Crippen LogP contribution in [0.15, 0.2) is 47.6 Å². The Balaban J connectivity index is 1.47. The maximum Gasteiger partial charge on any atom is 0.236 e. The molecular formula is C22H27N5O2S. The van der Waals surface area contributed by atoms with Crippen molar-refractivity contribution in [2.45, 2.75) is 49.8 Å². The highest BCUT2D eigenvalue weighted by Crippen LogP contribution is 2.25. The molecule has 1 aromatic heterocycles. The number of nitrogen functional groups attached to an aromatic ring is 1. The molecule has 2 N–H and O–H groups in total. The fourth-order valence-electron chi connectivity index (χ4n) is 3.95. The molecule has 0 bridgehead atoms. The molecule has 3 aromatic rings. The first-order chi connectivity index (χ1) is 14.4. The Morgan fingerprint density at radius 3 is 2.63 bits per heavy atom. The highest BCUT2D eigenvalue weighted by atomic mass is 32.2. The fraction of sp³-hybridized carbons (Fsp3) is 0.409. The lowest BCUT2D eigenvalue weighted by Gasteiger charge is -2.36. The lowest BCUT2D eigenvalue weighted by Crippen LogP contribution is -2.50. The lowest BCUT2D eigenvalue weighted by atomic mass is 10.0. The van der Waals surface area contributed by atoms with E-state index >= 15 is 0 Å². The number of hydrogen-bond donors (Lipinski definition) is 1. The van der Waals surface area contributed by atoms with Gasteiger partial charge in [-0.3, -0.25) is 4.79 Å². The first-order valence-electron chi connectivity index (χ1n) is 10.2. The van der Waals surface area contributed by atoms with Crippen LogP contribution in [0.2, 0.25) is 0 Å². The third kappa shape index (κ3) is 4.29. The van der Waals surface area contributed by atoms with E-state index < -0.39 is 0 Å². The van der Waals surface area contributed by atoms with Gasteiger partial charge in [-0.1, -0.05) is 54.2 Å². The van der Waals surface area contributed by atoms with Crippen molar-refractivity contribution >= 4 is 28.4 Å². The number of aromatic nitrogens is 3. The molecule has 3 atom stereocenters. The second-order valence-corrected chi connectivity index (χ2v) is 9.15. The number of nitrogens with two attached hydrogens (primary N) is 1. The molecule has 8 heteroatoms. The molecule has 4 rings (SSSR count). The van der Waals surface area contributed by atoms with Crippen molar-refractivity contribution in [2.75, 3.05) is 18.9 Å². The number of fused-ring (bicyclic) bond motifs is 1. The van der Waals surface area contributed by atoms with E-state index in [0.29, 0.717) is 30.5 Å². The minimum atomic E-state index is -0.306. The maximum absolute atomic E-state index is 12.9. The number of ether oxygens (including phenoxy) is 1. The summed E-state index contributed by atoms with van der Waals surface area (Å²) in [5.74, 6) is 7.03. The summed E-state index contributed by atoms with van der Waals surface area (Å²) in [5, 5.41) is 11.1. The molecule has 0 radical (unpaired) electrons. The third-order valence-corrected chi connectivity index (χ3v) is 6.37. The molecule has 2 aromatic carbocycles. The third-order valence-electron chi connectivity index (χ3n) is 5.32. The molecule has 1 aliphatic rings. The summed E-state index contributed by atoms with van der Waals surface area (Å²) in [5.41, 5.74) is 1.14. The molecule has 0 spiro atoms. The Kier molecular flexibility index (Phi) is 5.97. The van der Waals surface area contributed by atoms with Gasteiger partial charge in [0.1, 0.15) is 0 Å². The van der Waals surface area contributed by atoms with Crippen LogP contribution in [-0.2, 0) is 16.0 Å². The molecule has 1 fully saturated rings. The van der Waals surface area contributed by atoms with Crippen LogP contribution in [0, 0.1) is 0 Å². The molecule has 7 nitrogen and oxygen atoms in total. The predicted octanol–water partition coefficient (Wildman–Crippen LogP) is 2.85. The van der Waals surface area contributed by atoms with E-state index in [1.807, 2.05) is 43.9 Å². The molecule has 158 valence electrons. The summed E-state index contributed by atoms with van der Waals surface area (Å²) in [6, 6.07) is 14.5. The standard InChI is InChI=1S/C22H27N5O2S/c1-14-12-26(13-15(2)29-14)21(28)16(3)30-22-25-24-20(27(22)23)11-18-9-6-8-17-7-4-5-10-19(17)18/h4-10,14-16H,11-13,23H2,1-3H3/t14-,15+,16-/m1/s1. The number of carbonyl (C=O) groups is 1. The van der Waals surface area contributed by atoms with Crippen molar-refractivity contribution in [3.05, 3.63) is 53.9 Å². The number of carbonyl (C=O) groups excluding carboxylic acids is 1. The number of rotatable bonds is 5. The maximum atomic E-state index is 12.9. The van der Waals surface area contributed by atoms with Crippen molar-refractivity contribution in [1.29, 1.82) is 0 Å². The molecule has 0 aliphatic carbocycles. The summed E-state index contributed by atoms with van der Waals surface area (Å²) in [7, 11) is 0. The van der Waals surface area contributed by atoms with E-state index in [4.69, 9.17) is 10.6 Å². The van der Waals surface area contributed by atoms with E-state index in [1.54, 1.807) is 0 Å². The van der Waals surface area contributed by atoms with E-state index in [1.165, 1.54) is 27.2 Å². The number of nitrogens with zero attached hydrogens (tertiary/aromatic N) is 4. The average Bonchev–Trinajstić information content (AvgIpc) is 3.06. The molecule has 1 amide bonds. The molecule has 0 saturated carbocycles. The average molecular weight is 426 g/mol. The van der Waals surface area contributed by atoms with Gasteiger partial charge in [-0.15, -0.1) is 10.2 Å². The minimum absolute atomic E-state index is 0.0420. The summed E-state index contributed by atoms with van der Waals surface area (Å²) < 4.78 is 7.23. The lowest BCUT2D eigenvalue weighted by molar-refractivity contribution is -0.142. The zero-order valence-electron chi connectivity index (χ0n) is 17.5. The number of amides is 1. The number of thioether (sulfide) groups is 1. The molecular weight excluding hydrogens is 398 g/mol. The van der Waals surface area contributed by atoms with Crippen LogP contribution < -0.4 is 5.84 Å². The predicted molar refractivity (Wildman–Crippen MR) is 119 cm³/mol. The van der Waals surface area contributed by atoms with Crippen LogP contribution in [0.3, 0.4) is 0 Å². The normalized spacial score (nSPS) is 20.4. The van der Waals surface area contributed by atoms with Crippen molar-refractivity contribution in [3.63, 3.8) is 0 Å². The van der Waals surface area contributed by atoms with Crippen LogP contribution in [0.25, 0.3) is 10.8 Å². The number of morpholine rings is 1. The molecule has 1 aliphatic heterocycles. The van der Waals surface area contributed by atoms with Gasteiger partial charge in [0.15, 0.2) is 5.82 Å². The Morgan fingerprint density at radius 2 is 1.87 bits per heavy atom. The van der Waals surface area contributed by atoms with Gasteiger partial charge in [0, 0.05) is 19.5 Å². The van der Waals surface area contributed by atoms with Crippen molar-refractivity contribution < 1.29 is 9.53 Å². The minimum Gasteiger partial charge on any atom is -0.372 e. The van der Waals surface area contributed by atoms with Gasteiger partial charge in [0.2, 0.25) is 11.1 Å². The summed E-state index contributed by atoms with van der Waals surface area (Å²) in [6.45, 7) is 7.08. The first kappa shape index (κ1) is 20.7. The highest BCUT2D eigenvalue weighted by molar-refractivity contribution is 8.00. The Hall–Kier alpha value is -2.58. The van der Waals surface area contributed by atoms with E-state index in [9.17, 15) is 4.79 Å². The van der Waals surface area contributed by atoms with Gasteiger partial charge < -0.3 is 15.5 Å². The van der Waals surface area contributed by atoms with E-state index in [0.717, 1.165) is 5.56 Å². The summed E-state index contributed by atoms with van der Waals surface area (Å²) in [6.07, 6.45) is 0.660. The molecule has 0 unspecified atom stereocenters. The zero-order valence-corrected chi connectivity index (χ0v) is 18.3. The largest absolute Gasteiger partial charge is 0.372 e. The molecule has 2 heterocycles. The van der Waals surface area contributed by atoms with Gasteiger partial charge in [-0.25, -0.2) is 4.68 Å². The number of benzene rings is 2. The van der Waals surface area contributed by atoms with Gasteiger partial charge in [0.05, 0.1) is 17.5 Å². The molecule has 30 heavy (non-hydrogen) atoms. The SMILES string of the molecule is C[C@@H]1CN(C(=O)[C@@H](C)Sc2nnc(Cc3cccc4ccccc34)n2N)C[C@H](C)O1. The van der Waals surface area contributed by atoms with Crippen molar-refractivity contribution in [2.24, 2.45) is 0 Å². The second-order valence-electron chi connectivity index (χ2n) is 7.84. The van der Waals surface area contributed by atoms with Crippen LogP contribution in [-0.4, -0.2) is 56.2 Å². The van der Waals surface area contributed by atoms with Crippen molar-refractivity contribution in [3.8, 4) is 0 Å². The highest BCUT2D eigenvalue weighted by Gasteiger charge is 2.30. The van der Waals surface area contributed by atoms with Gasteiger partial charge >= 0.3 is 0 Å². The quantitative estimate of drug-likeness (QED) is 0.500. The fourth-order valence-corrected chi connectivity index (χ4v) is 4.82. The van der Waals surface area contributed by atoms with Gasteiger partial charge in [-0.05, 0) is 37.1 Å². The van der Waals surface area contributed by atoms with Crippen molar-refractivity contribution in [1.82, 2.24) is 19.8 Å². The first-order valence-corrected chi connectivity index (χ1v) is 11.1. The smallest absolute Gasteiger partial charge is 0.236 e. The van der Waals surface area contributed by atoms with E-state index in [-0.39, 0.29) is 23.4 Å². The molecule has 1 saturated heterocycles. The summed E-state index contributed by atoms with van der Waals surface area (Å²) in [4.78, 5) is 14.8. The van der Waals surface area contributed by atoms with Crippen LogP contribution >= 0.6 is 11.8 Å². The monoisotopic (exact) mass is 425 g/mol. The van der Waals surface area contributed by atoms with Gasteiger partial charge in [0.25, 0.3) is 0 Å². The second kappa shape index (κ2) is 8.65. The Morgan fingerprint density at radius 1 is 1.17 bits per heavy atom. The van der Waals surface area contributed by atoms with Crippen LogP contribution in [0.5, 0.6) is 0 Å². The van der Waals surface area contributed by atoms with Gasteiger partial charge in [-0.2, -0.15) is 0 Å².